The van der Waals surface area contributed by atoms with E-state index in [9.17, 15) is 0 Å². The fraction of sp³-hybridized carbons (Fsp3) is 1.00. The molecule has 0 aromatic carbocycles. The molecule has 0 saturated carbocycles. The summed E-state index contributed by atoms with van der Waals surface area (Å²) in [7, 11) is 0. The lowest BCUT2D eigenvalue weighted by atomic mass is 9.52. The first-order valence-corrected chi connectivity index (χ1v) is 9.23. The number of hydrogen-bond donors (Lipinski definition) is 0. The lowest BCUT2D eigenvalue weighted by Crippen LogP contribution is -2.25. The summed E-state index contributed by atoms with van der Waals surface area (Å²) in [6.07, 6.45) is 13.5. The van der Waals surface area contributed by atoms with Crippen LogP contribution in [0.4, 0.5) is 0 Å². The highest BCUT2D eigenvalue weighted by Gasteiger charge is 2.23. The first kappa shape index (κ1) is 20.0. The van der Waals surface area contributed by atoms with Gasteiger partial charge in [-0.05, 0) is 18.1 Å². The Hall–Kier alpha value is 0.0249. The summed E-state index contributed by atoms with van der Waals surface area (Å²) >= 11 is 0. The van der Waals surface area contributed by atoms with Gasteiger partial charge in [-0.25, -0.2) is 0 Å². The summed E-state index contributed by atoms with van der Waals surface area (Å²) in [5.41, 5.74) is 0. The van der Waals surface area contributed by atoms with Crippen molar-refractivity contribution in [3.05, 3.63) is 0 Å². The van der Waals surface area contributed by atoms with Gasteiger partial charge in [0.2, 0.25) is 0 Å². The third-order valence-corrected chi connectivity index (χ3v) is 4.13. The summed E-state index contributed by atoms with van der Waals surface area (Å²) in [5.74, 6) is 1.38. The molecule has 1 nitrogen and oxygen atoms in total. The molecule has 120 valence electrons. The molecule has 0 aromatic heterocycles. The zero-order valence-electron chi connectivity index (χ0n) is 14.9. The van der Waals surface area contributed by atoms with Crippen molar-refractivity contribution >= 4 is 6.92 Å². The average Bonchev–Trinajstić information content (AvgIpc) is 2.42. The van der Waals surface area contributed by atoms with Crippen LogP contribution >= 0.6 is 0 Å². The van der Waals surface area contributed by atoms with E-state index in [1.54, 1.807) is 0 Å². The molecule has 0 radical (unpaired) electrons. The monoisotopic (exact) mass is 282 g/mol. The molecule has 0 N–H and O–H groups in total. The molecule has 0 rings (SSSR count). The van der Waals surface area contributed by atoms with Crippen molar-refractivity contribution in [3.63, 3.8) is 0 Å². The van der Waals surface area contributed by atoms with Crippen molar-refractivity contribution in [3.8, 4) is 0 Å². The fourth-order valence-corrected chi connectivity index (χ4v) is 2.70. The van der Waals surface area contributed by atoms with Gasteiger partial charge in [-0.15, -0.1) is 0 Å². The normalized spacial score (nSPS) is 12.9. The quantitative estimate of drug-likeness (QED) is 0.258. The Bertz CT molecular complexity index is 194. The first-order valence-electron chi connectivity index (χ1n) is 9.23. The molecule has 20 heavy (non-hydrogen) atoms. The molecule has 0 bridgehead atoms. The summed E-state index contributed by atoms with van der Waals surface area (Å²) < 4.78 is 6.20. The van der Waals surface area contributed by atoms with Crippen LogP contribution in [0.15, 0.2) is 0 Å². The van der Waals surface area contributed by atoms with Crippen LogP contribution in [0.2, 0.25) is 12.1 Å². The van der Waals surface area contributed by atoms with Crippen molar-refractivity contribution in [1.29, 1.82) is 0 Å². The summed E-state index contributed by atoms with van der Waals surface area (Å²) in [4.78, 5) is 0. The van der Waals surface area contributed by atoms with E-state index in [1.807, 2.05) is 0 Å². The smallest absolute Gasteiger partial charge is 0.295 e. The van der Waals surface area contributed by atoms with Gasteiger partial charge in [-0.1, -0.05) is 92.4 Å². The van der Waals surface area contributed by atoms with Crippen molar-refractivity contribution in [2.45, 2.75) is 105 Å². The Labute approximate surface area is 129 Å². The van der Waals surface area contributed by atoms with Crippen molar-refractivity contribution < 1.29 is 4.65 Å². The van der Waals surface area contributed by atoms with Crippen molar-refractivity contribution in [2.24, 2.45) is 5.92 Å². The highest BCUT2D eigenvalue weighted by atomic mass is 16.4. The van der Waals surface area contributed by atoms with Crippen LogP contribution in [0.3, 0.4) is 0 Å². The molecule has 0 spiro atoms. The largest absolute Gasteiger partial charge is 0.435 e. The standard InChI is InChI=1S/C18H39BO/c1-6-8-10-12-14-18(5)19(20-16-17(3)4)15-13-11-9-7-2/h17-18H,6-16H2,1-5H3. The molecular weight excluding hydrogens is 243 g/mol. The Kier molecular flexibility index (Phi) is 14.0. The molecule has 1 unspecified atom stereocenters. The number of hydrogen-bond acceptors (Lipinski definition) is 1. The maximum absolute atomic E-state index is 6.20. The Morgan fingerprint density at radius 3 is 1.95 bits per heavy atom. The molecule has 1 atom stereocenters. The van der Waals surface area contributed by atoms with Gasteiger partial charge in [0.25, 0.3) is 6.92 Å². The molecule has 0 aromatic rings. The highest BCUT2D eigenvalue weighted by Crippen LogP contribution is 2.24. The van der Waals surface area contributed by atoms with Crippen LogP contribution in [-0.2, 0) is 4.65 Å². The second-order valence-electron chi connectivity index (χ2n) is 6.94. The van der Waals surface area contributed by atoms with E-state index in [1.165, 1.54) is 64.1 Å². The van der Waals surface area contributed by atoms with E-state index in [0.29, 0.717) is 12.8 Å². The van der Waals surface area contributed by atoms with Crippen molar-refractivity contribution in [1.82, 2.24) is 0 Å². The summed E-state index contributed by atoms with van der Waals surface area (Å²) in [6.45, 7) is 12.9. The zero-order chi connectivity index (χ0) is 15.2. The van der Waals surface area contributed by atoms with Gasteiger partial charge in [-0.3, -0.25) is 0 Å². The Balaban J connectivity index is 3.98. The van der Waals surface area contributed by atoms with Crippen LogP contribution in [0, 0.1) is 5.92 Å². The molecule has 0 aliphatic carbocycles. The second-order valence-corrected chi connectivity index (χ2v) is 6.94. The Morgan fingerprint density at radius 2 is 1.40 bits per heavy atom. The predicted octanol–water partition coefficient (Wildman–Crippen LogP) is 6.59. The lowest BCUT2D eigenvalue weighted by Gasteiger charge is -2.22. The molecule has 0 fully saturated rings. The Morgan fingerprint density at radius 1 is 0.800 bits per heavy atom. The second kappa shape index (κ2) is 14.0. The molecule has 2 heteroatoms. The highest BCUT2D eigenvalue weighted by molar-refractivity contribution is 6.53. The van der Waals surface area contributed by atoms with Crippen LogP contribution in [0.25, 0.3) is 0 Å². The SMILES string of the molecule is CCCCCCB(OCC(C)C)C(C)CCCCCC. The maximum Gasteiger partial charge on any atom is 0.295 e. The van der Waals surface area contributed by atoms with Crippen LogP contribution < -0.4 is 0 Å². The van der Waals surface area contributed by atoms with Gasteiger partial charge in [0.05, 0.1) is 0 Å². The topological polar surface area (TPSA) is 9.23 Å². The van der Waals surface area contributed by atoms with Gasteiger partial charge in [0, 0.05) is 6.61 Å². The van der Waals surface area contributed by atoms with E-state index >= 15 is 0 Å². The number of rotatable bonds is 14. The van der Waals surface area contributed by atoms with Gasteiger partial charge in [-0.2, -0.15) is 0 Å². The summed E-state index contributed by atoms with van der Waals surface area (Å²) in [6, 6.07) is 0. The van der Waals surface area contributed by atoms with Gasteiger partial charge in [0.1, 0.15) is 0 Å². The predicted molar refractivity (Wildman–Crippen MR) is 93.7 cm³/mol. The molecule has 0 amide bonds. The zero-order valence-corrected chi connectivity index (χ0v) is 14.9. The third-order valence-electron chi connectivity index (χ3n) is 4.13. The van der Waals surface area contributed by atoms with Crippen LogP contribution in [0.5, 0.6) is 0 Å². The van der Waals surface area contributed by atoms with E-state index < -0.39 is 0 Å². The van der Waals surface area contributed by atoms with E-state index in [2.05, 4.69) is 34.6 Å². The fourth-order valence-electron chi connectivity index (χ4n) is 2.70. The third kappa shape index (κ3) is 11.8. The molecule has 0 aliphatic rings. The van der Waals surface area contributed by atoms with Crippen LogP contribution in [0.1, 0.15) is 92.4 Å². The minimum absolute atomic E-state index is 0.496. The minimum atomic E-state index is 0.496. The van der Waals surface area contributed by atoms with Crippen molar-refractivity contribution in [2.75, 3.05) is 6.61 Å². The average molecular weight is 282 g/mol. The molecular formula is C18H39BO. The first-order chi connectivity index (χ1) is 9.61. The van der Waals surface area contributed by atoms with Crippen LogP contribution in [-0.4, -0.2) is 13.5 Å². The minimum Gasteiger partial charge on any atom is -0.435 e. The molecule has 0 heterocycles. The molecule has 0 aliphatic heterocycles. The lowest BCUT2D eigenvalue weighted by molar-refractivity contribution is 0.263. The maximum atomic E-state index is 6.20. The van der Waals surface area contributed by atoms with Gasteiger partial charge in [0.15, 0.2) is 0 Å². The number of unbranched alkanes of at least 4 members (excludes halogenated alkanes) is 6. The van der Waals surface area contributed by atoms with E-state index in [4.69, 9.17) is 4.65 Å². The van der Waals surface area contributed by atoms with Gasteiger partial charge >= 0.3 is 0 Å². The van der Waals surface area contributed by atoms with E-state index in [0.717, 1.165) is 12.4 Å². The molecule has 0 saturated heterocycles. The summed E-state index contributed by atoms with van der Waals surface area (Å²) in [5, 5.41) is 0. The van der Waals surface area contributed by atoms with Gasteiger partial charge < -0.3 is 4.65 Å². The van der Waals surface area contributed by atoms with E-state index in [-0.39, 0.29) is 0 Å².